The van der Waals surface area contributed by atoms with Crippen molar-refractivity contribution >= 4 is 34.6 Å². The maximum atomic E-state index is 13.4. The van der Waals surface area contributed by atoms with Crippen molar-refractivity contribution in [2.45, 2.75) is 69.3 Å². The number of fused-ring (bicyclic) bond motifs is 1. The van der Waals surface area contributed by atoms with Crippen molar-refractivity contribution in [1.29, 1.82) is 0 Å². The molecule has 3 heterocycles. The molecule has 2 aliphatic rings. The van der Waals surface area contributed by atoms with Crippen LogP contribution >= 0.6 is 0 Å². The van der Waals surface area contributed by atoms with Gasteiger partial charge in [0.1, 0.15) is 18.1 Å². The number of amides is 3. The first kappa shape index (κ1) is 25.6. The highest BCUT2D eigenvalue weighted by atomic mass is 16.4. The van der Waals surface area contributed by atoms with E-state index in [0.29, 0.717) is 32.2 Å². The van der Waals surface area contributed by atoms with Crippen LogP contribution in [0, 0.1) is 0 Å². The summed E-state index contributed by atoms with van der Waals surface area (Å²) in [7, 11) is 0. The number of aromatic amines is 1. The Hall–Kier alpha value is -3.44. The second-order valence-corrected chi connectivity index (χ2v) is 9.61. The van der Waals surface area contributed by atoms with E-state index in [4.69, 9.17) is 5.73 Å². The molecule has 11 nitrogen and oxygen atoms in total. The van der Waals surface area contributed by atoms with Gasteiger partial charge in [-0.25, -0.2) is 4.79 Å². The molecule has 5 atom stereocenters. The first-order valence-electron chi connectivity index (χ1n) is 12.3. The Balaban J connectivity index is 1.44. The molecular weight excluding hydrogens is 466 g/mol. The molecule has 2 fully saturated rings. The SMILES string of the molecule is CC(O)C(NC(=O)C(N)Cc1c[nH]c2ccccc12)C(=O)N1CCCC1C(=O)N1CCCC1C(=O)O. The van der Waals surface area contributed by atoms with E-state index in [-0.39, 0.29) is 13.0 Å². The maximum Gasteiger partial charge on any atom is 0.326 e. The Kier molecular flexibility index (Phi) is 7.60. The Morgan fingerprint density at radius 2 is 1.78 bits per heavy atom. The zero-order chi connectivity index (χ0) is 26.0. The van der Waals surface area contributed by atoms with E-state index >= 15 is 0 Å². The summed E-state index contributed by atoms with van der Waals surface area (Å²) in [5.74, 6) is -2.64. The zero-order valence-electron chi connectivity index (χ0n) is 20.2. The predicted octanol–water partition coefficient (Wildman–Crippen LogP) is -0.0301. The molecule has 0 spiro atoms. The highest BCUT2D eigenvalue weighted by Crippen LogP contribution is 2.26. The van der Waals surface area contributed by atoms with Gasteiger partial charge in [-0.2, -0.15) is 0 Å². The fraction of sp³-hybridized carbons (Fsp3) is 0.520. The second kappa shape index (κ2) is 10.7. The molecule has 1 aromatic carbocycles. The minimum absolute atomic E-state index is 0.229. The van der Waals surface area contributed by atoms with Gasteiger partial charge in [-0.3, -0.25) is 14.4 Å². The van der Waals surface area contributed by atoms with Gasteiger partial charge >= 0.3 is 5.97 Å². The van der Waals surface area contributed by atoms with Crippen LogP contribution in [0.25, 0.3) is 10.9 Å². The summed E-state index contributed by atoms with van der Waals surface area (Å²) in [6, 6.07) is 3.66. The number of H-pyrrole nitrogens is 1. The molecule has 1 aromatic heterocycles. The standard InChI is InChI=1S/C25H33N5O6/c1-14(31)21(28-22(32)17(26)12-15-13-27-18-7-3-2-6-16(15)18)24(34)29-10-4-8-19(29)23(33)30-11-5-9-20(30)25(35)36/h2-3,6-7,13-14,17,19-21,27,31H,4-5,8-12,26H2,1H3,(H,28,32)(H,35,36). The largest absolute Gasteiger partial charge is 0.480 e. The van der Waals surface area contributed by atoms with Crippen molar-refractivity contribution in [1.82, 2.24) is 20.1 Å². The molecule has 0 aliphatic carbocycles. The van der Waals surface area contributed by atoms with Crippen LogP contribution in [0.3, 0.4) is 0 Å². The van der Waals surface area contributed by atoms with Gasteiger partial charge in [0.05, 0.1) is 12.1 Å². The van der Waals surface area contributed by atoms with Crippen LogP contribution in [0.2, 0.25) is 0 Å². The summed E-state index contributed by atoms with van der Waals surface area (Å²) in [6.45, 7) is 2.00. The lowest BCUT2D eigenvalue weighted by atomic mass is 10.0. The molecule has 4 rings (SSSR count). The van der Waals surface area contributed by atoms with Crippen molar-refractivity contribution in [3.63, 3.8) is 0 Å². The lowest BCUT2D eigenvalue weighted by Crippen LogP contribution is -2.59. The van der Waals surface area contributed by atoms with Crippen molar-refractivity contribution < 1.29 is 29.4 Å². The maximum absolute atomic E-state index is 13.4. The van der Waals surface area contributed by atoms with Crippen LogP contribution in [0.15, 0.2) is 30.5 Å². The third-order valence-corrected chi connectivity index (χ3v) is 7.14. The monoisotopic (exact) mass is 499 g/mol. The van der Waals surface area contributed by atoms with Crippen molar-refractivity contribution in [2.24, 2.45) is 5.73 Å². The number of aliphatic hydroxyl groups is 1. The number of nitrogens with one attached hydrogen (secondary N) is 2. The fourth-order valence-electron chi connectivity index (χ4n) is 5.22. The van der Waals surface area contributed by atoms with Gasteiger partial charge in [0.25, 0.3) is 0 Å². The first-order chi connectivity index (χ1) is 17.2. The van der Waals surface area contributed by atoms with Crippen LogP contribution in [-0.2, 0) is 25.6 Å². The average Bonchev–Trinajstić information content (AvgIpc) is 3.61. The van der Waals surface area contributed by atoms with Crippen molar-refractivity contribution in [3.8, 4) is 0 Å². The molecule has 2 aromatic rings. The quantitative estimate of drug-likeness (QED) is 0.340. The number of para-hydroxylation sites is 1. The molecule has 5 unspecified atom stereocenters. The van der Waals surface area contributed by atoms with E-state index in [0.717, 1.165) is 16.5 Å². The average molecular weight is 500 g/mol. The van der Waals surface area contributed by atoms with E-state index in [1.165, 1.54) is 16.7 Å². The third kappa shape index (κ3) is 5.07. The number of hydrogen-bond donors (Lipinski definition) is 5. The van der Waals surface area contributed by atoms with E-state index in [1.54, 1.807) is 6.20 Å². The summed E-state index contributed by atoms with van der Waals surface area (Å²) in [5.41, 5.74) is 7.93. The van der Waals surface area contributed by atoms with Gasteiger partial charge in [0, 0.05) is 30.2 Å². The van der Waals surface area contributed by atoms with Gasteiger partial charge in [0.2, 0.25) is 17.7 Å². The number of nitrogens with two attached hydrogens (primary N) is 1. The van der Waals surface area contributed by atoms with Crippen molar-refractivity contribution in [3.05, 3.63) is 36.0 Å². The molecule has 0 saturated carbocycles. The smallest absolute Gasteiger partial charge is 0.326 e. The van der Waals surface area contributed by atoms with Crippen LogP contribution < -0.4 is 11.1 Å². The highest BCUT2D eigenvalue weighted by Gasteiger charge is 2.44. The van der Waals surface area contributed by atoms with Crippen LogP contribution in [0.5, 0.6) is 0 Å². The lowest BCUT2D eigenvalue weighted by molar-refractivity contribution is -0.153. The summed E-state index contributed by atoms with van der Waals surface area (Å²) >= 11 is 0. The normalized spacial score (nSPS) is 22.4. The molecule has 0 radical (unpaired) electrons. The molecule has 2 saturated heterocycles. The van der Waals surface area contributed by atoms with Gasteiger partial charge < -0.3 is 36.0 Å². The number of carboxylic acids is 1. The number of hydrogen-bond acceptors (Lipinski definition) is 6. The number of aliphatic carboxylic acids is 1. The van der Waals surface area contributed by atoms with Crippen LogP contribution in [-0.4, -0.2) is 92.0 Å². The summed E-state index contributed by atoms with van der Waals surface area (Å²) in [5, 5.41) is 23.3. The zero-order valence-corrected chi connectivity index (χ0v) is 20.2. The number of carbonyl (C=O) groups excluding carboxylic acids is 3. The highest BCUT2D eigenvalue weighted by molar-refractivity contribution is 5.95. The topological polar surface area (TPSA) is 169 Å². The first-order valence-corrected chi connectivity index (χ1v) is 12.3. The number of carboxylic acid groups (broad SMARTS) is 1. The van der Waals surface area contributed by atoms with E-state index in [9.17, 15) is 29.4 Å². The van der Waals surface area contributed by atoms with Gasteiger partial charge in [0.15, 0.2) is 0 Å². The number of benzene rings is 1. The molecule has 36 heavy (non-hydrogen) atoms. The molecular formula is C25H33N5O6. The molecule has 2 aliphatic heterocycles. The van der Waals surface area contributed by atoms with E-state index < -0.39 is 54.0 Å². The summed E-state index contributed by atoms with van der Waals surface area (Å²) in [4.78, 5) is 56.9. The van der Waals surface area contributed by atoms with Crippen LogP contribution in [0.1, 0.15) is 38.2 Å². The number of rotatable bonds is 8. The third-order valence-electron chi connectivity index (χ3n) is 7.14. The molecule has 3 amide bonds. The number of likely N-dealkylation sites (tertiary alicyclic amines) is 2. The molecule has 6 N–H and O–H groups in total. The van der Waals surface area contributed by atoms with Gasteiger partial charge in [-0.15, -0.1) is 0 Å². The van der Waals surface area contributed by atoms with E-state index in [1.807, 2.05) is 24.3 Å². The Morgan fingerprint density at radius 1 is 1.11 bits per heavy atom. The molecule has 0 bridgehead atoms. The number of aromatic nitrogens is 1. The number of nitrogens with zero attached hydrogens (tertiary/aromatic N) is 2. The molecule has 194 valence electrons. The van der Waals surface area contributed by atoms with Crippen LogP contribution in [0.4, 0.5) is 0 Å². The minimum Gasteiger partial charge on any atom is -0.480 e. The second-order valence-electron chi connectivity index (χ2n) is 9.61. The van der Waals surface area contributed by atoms with E-state index in [2.05, 4.69) is 10.3 Å². The number of aliphatic hydroxyl groups excluding tert-OH is 1. The Morgan fingerprint density at radius 3 is 2.47 bits per heavy atom. The summed E-state index contributed by atoms with van der Waals surface area (Å²) in [6.07, 6.45) is 2.72. The van der Waals surface area contributed by atoms with Gasteiger partial charge in [-0.1, -0.05) is 18.2 Å². The molecule has 11 heteroatoms. The fourth-order valence-corrected chi connectivity index (χ4v) is 5.22. The van der Waals surface area contributed by atoms with Gasteiger partial charge in [-0.05, 0) is 50.7 Å². The lowest BCUT2D eigenvalue weighted by Gasteiger charge is -2.33. The summed E-state index contributed by atoms with van der Waals surface area (Å²) < 4.78 is 0. The number of carbonyl (C=O) groups is 4. The predicted molar refractivity (Wildman–Crippen MR) is 131 cm³/mol. The van der Waals surface area contributed by atoms with Crippen molar-refractivity contribution in [2.75, 3.05) is 13.1 Å². The minimum atomic E-state index is -1.28. The Bertz CT molecular complexity index is 1150. The Labute approximate surface area is 208 Å².